The average Bonchev–Trinajstić information content (AvgIpc) is 2.70. The molecule has 1 heterocycles. The molecule has 0 spiro atoms. The molecule has 0 aromatic heterocycles. The van der Waals surface area contributed by atoms with E-state index in [1.54, 1.807) is 0 Å². The molecule has 2 rings (SSSR count). The Bertz CT molecular complexity index is 427. The standard InChI is InChI=1S/C11H10BrNO3/c12-8-3-1-7(2-4-8)5-10-13-6-9(16-10)11(14)15/h1-4,9H,5-6H2,(H,14,15). The van der Waals surface area contributed by atoms with Crippen molar-refractivity contribution < 1.29 is 14.6 Å². The molecular weight excluding hydrogens is 274 g/mol. The molecule has 0 saturated carbocycles. The number of ether oxygens (including phenoxy) is 1. The molecule has 0 amide bonds. The highest BCUT2D eigenvalue weighted by atomic mass is 79.9. The molecule has 1 aliphatic heterocycles. The summed E-state index contributed by atoms with van der Waals surface area (Å²) in [5, 5.41) is 8.73. The number of hydrogen-bond acceptors (Lipinski definition) is 3. The van der Waals surface area contributed by atoms with Crippen LogP contribution in [0.4, 0.5) is 0 Å². The number of aliphatic carboxylic acids is 1. The minimum atomic E-state index is -0.963. The SMILES string of the molecule is O=C(O)C1CN=C(Cc2ccc(Br)cc2)O1. The lowest BCUT2D eigenvalue weighted by Gasteiger charge is -2.06. The van der Waals surface area contributed by atoms with Gasteiger partial charge >= 0.3 is 5.97 Å². The quantitative estimate of drug-likeness (QED) is 0.921. The van der Waals surface area contributed by atoms with Crippen molar-refractivity contribution >= 4 is 27.8 Å². The minimum Gasteiger partial charge on any atom is -0.478 e. The molecule has 0 fully saturated rings. The number of carboxylic acid groups (broad SMARTS) is 1. The van der Waals surface area contributed by atoms with Gasteiger partial charge in [-0.3, -0.25) is 4.99 Å². The average molecular weight is 284 g/mol. The third-order valence-electron chi connectivity index (χ3n) is 2.26. The molecule has 0 radical (unpaired) electrons. The largest absolute Gasteiger partial charge is 0.478 e. The van der Waals surface area contributed by atoms with E-state index < -0.39 is 12.1 Å². The van der Waals surface area contributed by atoms with Crippen molar-refractivity contribution in [3.05, 3.63) is 34.3 Å². The van der Waals surface area contributed by atoms with Gasteiger partial charge < -0.3 is 9.84 Å². The minimum absolute atomic E-state index is 0.210. The highest BCUT2D eigenvalue weighted by molar-refractivity contribution is 9.10. The summed E-state index contributed by atoms with van der Waals surface area (Å²) in [6.45, 7) is 0.210. The Morgan fingerprint density at radius 3 is 2.75 bits per heavy atom. The predicted octanol–water partition coefficient (Wildman–Crippen LogP) is 1.87. The lowest BCUT2D eigenvalue weighted by molar-refractivity contribution is -0.144. The van der Waals surface area contributed by atoms with Gasteiger partial charge in [0.2, 0.25) is 6.10 Å². The lowest BCUT2D eigenvalue weighted by atomic mass is 10.1. The Kier molecular flexibility index (Phi) is 3.24. The van der Waals surface area contributed by atoms with Crippen molar-refractivity contribution in [2.75, 3.05) is 6.54 Å². The molecule has 1 N–H and O–H groups in total. The number of rotatable bonds is 3. The zero-order chi connectivity index (χ0) is 11.5. The van der Waals surface area contributed by atoms with E-state index in [1.807, 2.05) is 24.3 Å². The molecule has 0 bridgehead atoms. The van der Waals surface area contributed by atoms with Crippen LogP contribution in [0.1, 0.15) is 5.56 Å². The van der Waals surface area contributed by atoms with Gasteiger partial charge in [0.25, 0.3) is 0 Å². The maximum absolute atomic E-state index is 10.6. The van der Waals surface area contributed by atoms with Crippen LogP contribution in [0.2, 0.25) is 0 Å². The van der Waals surface area contributed by atoms with E-state index in [2.05, 4.69) is 20.9 Å². The van der Waals surface area contributed by atoms with Crippen LogP contribution in [0.3, 0.4) is 0 Å². The fourth-order valence-corrected chi connectivity index (χ4v) is 1.69. The van der Waals surface area contributed by atoms with Crippen molar-refractivity contribution in [1.29, 1.82) is 0 Å². The molecule has 0 saturated heterocycles. The molecule has 1 unspecified atom stereocenters. The van der Waals surface area contributed by atoms with Crippen molar-refractivity contribution in [2.45, 2.75) is 12.5 Å². The Morgan fingerprint density at radius 1 is 1.50 bits per heavy atom. The number of nitrogens with zero attached hydrogens (tertiary/aromatic N) is 1. The van der Waals surface area contributed by atoms with E-state index in [1.165, 1.54) is 0 Å². The molecule has 4 nitrogen and oxygen atoms in total. The molecule has 1 aromatic rings. The van der Waals surface area contributed by atoms with E-state index in [-0.39, 0.29) is 6.54 Å². The molecular formula is C11H10BrNO3. The Balaban J connectivity index is 1.97. The topological polar surface area (TPSA) is 58.9 Å². The number of benzene rings is 1. The first-order chi connectivity index (χ1) is 7.65. The summed E-state index contributed by atoms with van der Waals surface area (Å²) in [5.74, 6) is -0.468. The smallest absolute Gasteiger partial charge is 0.346 e. The van der Waals surface area contributed by atoms with Crippen LogP contribution in [0.15, 0.2) is 33.7 Å². The molecule has 16 heavy (non-hydrogen) atoms. The van der Waals surface area contributed by atoms with E-state index in [9.17, 15) is 4.79 Å². The number of hydrogen-bond donors (Lipinski definition) is 1. The molecule has 1 aromatic carbocycles. The molecule has 0 aliphatic carbocycles. The van der Waals surface area contributed by atoms with E-state index in [0.29, 0.717) is 12.3 Å². The van der Waals surface area contributed by atoms with Gasteiger partial charge in [0.15, 0.2) is 5.90 Å². The van der Waals surface area contributed by atoms with Crippen LogP contribution >= 0.6 is 15.9 Å². The second-order valence-corrected chi connectivity index (χ2v) is 4.40. The highest BCUT2D eigenvalue weighted by Crippen LogP contribution is 2.14. The number of carboxylic acids is 1. The van der Waals surface area contributed by atoms with E-state index >= 15 is 0 Å². The van der Waals surface area contributed by atoms with Crippen LogP contribution in [0.5, 0.6) is 0 Å². The van der Waals surface area contributed by atoms with Gasteiger partial charge in [-0.15, -0.1) is 0 Å². The van der Waals surface area contributed by atoms with Gasteiger partial charge in [0.1, 0.15) is 0 Å². The van der Waals surface area contributed by atoms with Crippen LogP contribution in [0, 0.1) is 0 Å². The zero-order valence-corrected chi connectivity index (χ0v) is 9.98. The van der Waals surface area contributed by atoms with Crippen molar-refractivity contribution in [3.63, 3.8) is 0 Å². The third-order valence-corrected chi connectivity index (χ3v) is 2.78. The summed E-state index contributed by atoms with van der Waals surface area (Å²) in [5.41, 5.74) is 1.05. The monoisotopic (exact) mass is 283 g/mol. The fourth-order valence-electron chi connectivity index (χ4n) is 1.43. The maximum Gasteiger partial charge on any atom is 0.346 e. The first kappa shape index (κ1) is 11.1. The zero-order valence-electron chi connectivity index (χ0n) is 8.39. The second kappa shape index (κ2) is 4.65. The number of halogens is 1. The summed E-state index contributed by atoms with van der Waals surface area (Å²) < 4.78 is 6.20. The molecule has 1 aliphatic rings. The summed E-state index contributed by atoms with van der Waals surface area (Å²) in [6, 6.07) is 7.76. The van der Waals surface area contributed by atoms with Crippen molar-refractivity contribution in [2.24, 2.45) is 4.99 Å². The predicted molar refractivity (Wildman–Crippen MR) is 62.7 cm³/mol. The van der Waals surface area contributed by atoms with Crippen LogP contribution in [0.25, 0.3) is 0 Å². The van der Waals surface area contributed by atoms with Crippen molar-refractivity contribution in [3.8, 4) is 0 Å². The van der Waals surface area contributed by atoms with Gasteiger partial charge in [-0.2, -0.15) is 0 Å². The maximum atomic E-state index is 10.6. The summed E-state index contributed by atoms with van der Waals surface area (Å²) in [6.07, 6.45) is -0.276. The number of carbonyl (C=O) groups is 1. The molecule has 1 atom stereocenters. The van der Waals surface area contributed by atoms with Gasteiger partial charge in [-0.25, -0.2) is 4.79 Å². The van der Waals surface area contributed by atoms with Crippen LogP contribution in [-0.2, 0) is 16.0 Å². The summed E-state index contributed by atoms with van der Waals surface area (Å²) in [4.78, 5) is 14.7. The fraction of sp³-hybridized carbons (Fsp3) is 0.273. The first-order valence-corrected chi connectivity index (χ1v) is 5.61. The Labute approximate surface area is 101 Å². The molecule has 84 valence electrons. The van der Waals surface area contributed by atoms with Gasteiger partial charge in [-0.1, -0.05) is 28.1 Å². The summed E-state index contributed by atoms with van der Waals surface area (Å²) >= 11 is 3.35. The van der Waals surface area contributed by atoms with Crippen LogP contribution in [-0.4, -0.2) is 29.6 Å². The van der Waals surface area contributed by atoms with Crippen molar-refractivity contribution in [1.82, 2.24) is 0 Å². The van der Waals surface area contributed by atoms with Gasteiger partial charge in [-0.05, 0) is 17.7 Å². The normalized spacial score (nSPS) is 19.1. The molecule has 5 heteroatoms. The van der Waals surface area contributed by atoms with Gasteiger partial charge in [0.05, 0.1) is 6.54 Å². The Hall–Kier alpha value is -1.36. The highest BCUT2D eigenvalue weighted by Gasteiger charge is 2.26. The Morgan fingerprint density at radius 2 is 2.19 bits per heavy atom. The number of aliphatic imine (C=N–C) groups is 1. The second-order valence-electron chi connectivity index (χ2n) is 3.48. The summed E-state index contributed by atoms with van der Waals surface area (Å²) in [7, 11) is 0. The third kappa shape index (κ3) is 2.61. The van der Waals surface area contributed by atoms with Crippen LogP contribution < -0.4 is 0 Å². The van der Waals surface area contributed by atoms with Gasteiger partial charge in [0, 0.05) is 10.9 Å². The van der Waals surface area contributed by atoms with E-state index in [4.69, 9.17) is 9.84 Å². The van der Waals surface area contributed by atoms with E-state index in [0.717, 1.165) is 10.0 Å². The first-order valence-electron chi connectivity index (χ1n) is 4.82. The lowest BCUT2D eigenvalue weighted by Crippen LogP contribution is -2.24.